The highest BCUT2D eigenvalue weighted by Crippen LogP contribution is 2.30. The van der Waals surface area contributed by atoms with Crippen LogP contribution in [0.4, 0.5) is 5.69 Å². The van der Waals surface area contributed by atoms with Gasteiger partial charge in [0, 0.05) is 12.1 Å². The summed E-state index contributed by atoms with van der Waals surface area (Å²) in [6.07, 6.45) is 4.84. The summed E-state index contributed by atoms with van der Waals surface area (Å²) >= 11 is 6.22. The lowest BCUT2D eigenvalue weighted by molar-refractivity contribution is -0.118. The molecule has 0 aromatic heterocycles. The highest BCUT2D eigenvalue weighted by Gasteiger charge is 2.23. The largest absolute Gasteiger partial charge is 0.497 e. The van der Waals surface area contributed by atoms with Gasteiger partial charge < -0.3 is 19.5 Å². The van der Waals surface area contributed by atoms with Crippen molar-refractivity contribution in [3.8, 4) is 17.2 Å². The van der Waals surface area contributed by atoms with Crippen LogP contribution in [-0.4, -0.2) is 41.2 Å². The summed E-state index contributed by atoms with van der Waals surface area (Å²) in [5.74, 6) is 0.792. The first kappa shape index (κ1) is 24.2. The van der Waals surface area contributed by atoms with Gasteiger partial charge in [0.05, 0.1) is 29.8 Å². The molecule has 1 aliphatic rings. The summed E-state index contributed by atoms with van der Waals surface area (Å²) in [7, 11) is -0.667. The van der Waals surface area contributed by atoms with E-state index in [9.17, 15) is 13.2 Å². The highest BCUT2D eigenvalue weighted by molar-refractivity contribution is 7.89. The van der Waals surface area contributed by atoms with Gasteiger partial charge in [-0.05, 0) is 43.2 Å². The maximum Gasteiger partial charge on any atom is 0.262 e. The number of benzene rings is 2. The molecule has 0 atom stereocenters. The van der Waals surface area contributed by atoms with Crippen molar-refractivity contribution in [1.82, 2.24) is 4.72 Å². The summed E-state index contributed by atoms with van der Waals surface area (Å²) in [6.45, 7) is -0.327. The molecule has 0 spiro atoms. The molecule has 1 aliphatic carbocycles. The number of sulfonamides is 1. The summed E-state index contributed by atoms with van der Waals surface area (Å²) in [6, 6.07) is 9.14. The molecule has 0 heterocycles. The number of halogens is 1. The number of ether oxygens (including phenoxy) is 3. The number of hydrogen-bond donors (Lipinski definition) is 2. The molecule has 8 nitrogen and oxygen atoms in total. The molecule has 1 saturated carbocycles. The minimum atomic E-state index is -3.68. The summed E-state index contributed by atoms with van der Waals surface area (Å²) in [4.78, 5) is 12.4. The van der Waals surface area contributed by atoms with E-state index in [1.54, 1.807) is 18.2 Å². The molecule has 1 fully saturated rings. The Morgan fingerprint density at radius 1 is 1.03 bits per heavy atom. The molecule has 0 unspecified atom stereocenters. The second-order valence-corrected chi connectivity index (χ2v) is 9.57. The predicted octanol–water partition coefficient (Wildman–Crippen LogP) is 3.99. The number of nitrogens with one attached hydrogen (secondary N) is 2. The van der Waals surface area contributed by atoms with Crippen LogP contribution in [0.15, 0.2) is 41.3 Å². The number of anilines is 1. The lowest BCUT2D eigenvalue weighted by Crippen LogP contribution is -2.36. The van der Waals surface area contributed by atoms with Crippen molar-refractivity contribution >= 4 is 33.2 Å². The number of carbonyl (C=O) groups is 1. The average Bonchev–Trinajstić information content (AvgIpc) is 2.78. The van der Waals surface area contributed by atoms with Gasteiger partial charge in [0.15, 0.2) is 6.61 Å². The normalized spacial score (nSPS) is 14.6. The fourth-order valence-corrected chi connectivity index (χ4v) is 5.15. The van der Waals surface area contributed by atoms with E-state index in [-0.39, 0.29) is 28.3 Å². The van der Waals surface area contributed by atoms with E-state index >= 15 is 0 Å². The van der Waals surface area contributed by atoms with Gasteiger partial charge in [-0.3, -0.25) is 4.79 Å². The molecule has 0 aliphatic heterocycles. The van der Waals surface area contributed by atoms with Crippen LogP contribution in [0.5, 0.6) is 17.2 Å². The first-order valence-corrected chi connectivity index (χ1v) is 12.1. The van der Waals surface area contributed by atoms with Crippen LogP contribution >= 0.6 is 11.6 Å². The Morgan fingerprint density at radius 3 is 2.41 bits per heavy atom. The third-order valence-corrected chi connectivity index (χ3v) is 6.99. The third-order valence-electron chi connectivity index (χ3n) is 5.18. The van der Waals surface area contributed by atoms with Crippen LogP contribution < -0.4 is 24.2 Å². The number of methoxy groups -OCH3 is 2. The SMILES string of the molecule is COc1ccc(OC)c(NC(=O)COc2ccc(S(=O)(=O)NC3CCCCC3)cc2Cl)c1. The fourth-order valence-electron chi connectivity index (χ4n) is 3.52. The van der Waals surface area contributed by atoms with Crippen LogP contribution in [0.25, 0.3) is 0 Å². The van der Waals surface area contributed by atoms with Crippen LogP contribution in [0.2, 0.25) is 5.02 Å². The zero-order valence-electron chi connectivity index (χ0n) is 18.0. The molecule has 1 amide bonds. The summed E-state index contributed by atoms with van der Waals surface area (Å²) in [5, 5.41) is 2.79. The van der Waals surface area contributed by atoms with Crippen LogP contribution in [0.3, 0.4) is 0 Å². The maximum atomic E-state index is 12.6. The van der Waals surface area contributed by atoms with Crippen LogP contribution in [0, 0.1) is 0 Å². The van der Waals surface area contributed by atoms with Crippen LogP contribution in [-0.2, 0) is 14.8 Å². The highest BCUT2D eigenvalue weighted by atomic mass is 35.5. The Kier molecular flexibility index (Phi) is 8.22. The second-order valence-electron chi connectivity index (χ2n) is 7.45. The monoisotopic (exact) mass is 482 g/mol. The fraction of sp³-hybridized carbons (Fsp3) is 0.409. The molecule has 3 rings (SSSR count). The van der Waals surface area contributed by atoms with Gasteiger partial charge in [-0.25, -0.2) is 13.1 Å². The average molecular weight is 483 g/mol. The Balaban J connectivity index is 1.62. The lowest BCUT2D eigenvalue weighted by atomic mass is 9.96. The Hall–Kier alpha value is -2.49. The van der Waals surface area contributed by atoms with Gasteiger partial charge in [0.25, 0.3) is 5.91 Å². The molecule has 2 aromatic rings. The van der Waals surface area contributed by atoms with E-state index in [1.165, 1.54) is 32.4 Å². The van der Waals surface area contributed by atoms with E-state index in [0.29, 0.717) is 17.2 Å². The van der Waals surface area contributed by atoms with Crippen molar-refractivity contribution in [1.29, 1.82) is 0 Å². The van der Waals surface area contributed by atoms with E-state index in [2.05, 4.69) is 10.0 Å². The molecule has 174 valence electrons. The smallest absolute Gasteiger partial charge is 0.262 e. The maximum absolute atomic E-state index is 12.6. The predicted molar refractivity (Wildman–Crippen MR) is 122 cm³/mol. The molecule has 10 heteroatoms. The lowest BCUT2D eigenvalue weighted by Gasteiger charge is -2.22. The zero-order chi connectivity index (χ0) is 23.1. The van der Waals surface area contributed by atoms with E-state index in [4.69, 9.17) is 25.8 Å². The minimum absolute atomic E-state index is 0.0549. The van der Waals surface area contributed by atoms with Gasteiger partial charge in [-0.2, -0.15) is 0 Å². The number of carbonyl (C=O) groups excluding carboxylic acids is 1. The van der Waals surface area contributed by atoms with E-state index in [1.807, 2.05) is 0 Å². The number of amides is 1. The summed E-state index contributed by atoms with van der Waals surface area (Å²) < 4.78 is 43.9. The molecule has 32 heavy (non-hydrogen) atoms. The zero-order valence-corrected chi connectivity index (χ0v) is 19.6. The van der Waals surface area contributed by atoms with Crippen molar-refractivity contribution in [2.75, 3.05) is 26.1 Å². The number of hydrogen-bond acceptors (Lipinski definition) is 6. The Morgan fingerprint density at radius 2 is 1.75 bits per heavy atom. The van der Waals surface area contributed by atoms with Crippen molar-refractivity contribution in [2.24, 2.45) is 0 Å². The second kappa shape index (κ2) is 10.9. The van der Waals surface area contributed by atoms with Gasteiger partial charge in [-0.15, -0.1) is 0 Å². The standard InChI is InChI=1S/C22H27ClN2O6S/c1-29-16-8-10-21(30-2)19(12-16)24-22(26)14-31-20-11-9-17(13-18(20)23)32(27,28)25-15-6-4-3-5-7-15/h8-13,15,25H,3-7,14H2,1-2H3,(H,24,26). The molecule has 0 radical (unpaired) electrons. The first-order valence-electron chi connectivity index (χ1n) is 10.3. The van der Waals surface area contributed by atoms with Crippen LogP contribution in [0.1, 0.15) is 32.1 Å². The van der Waals surface area contributed by atoms with E-state index < -0.39 is 15.9 Å². The minimum Gasteiger partial charge on any atom is -0.497 e. The van der Waals surface area contributed by atoms with Gasteiger partial charge >= 0.3 is 0 Å². The van der Waals surface area contributed by atoms with E-state index in [0.717, 1.165) is 32.1 Å². The summed E-state index contributed by atoms with van der Waals surface area (Å²) in [5.41, 5.74) is 0.432. The van der Waals surface area contributed by atoms with Gasteiger partial charge in [-0.1, -0.05) is 30.9 Å². The van der Waals surface area contributed by atoms with Crippen molar-refractivity contribution in [2.45, 2.75) is 43.0 Å². The topological polar surface area (TPSA) is 103 Å². The van der Waals surface area contributed by atoms with Crippen molar-refractivity contribution in [3.63, 3.8) is 0 Å². The van der Waals surface area contributed by atoms with Gasteiger partial charge in [0.1, 0.15) is 17.2 Å². The molecular weight excluding hydrogens is 456 g/mol. The van der Waals surface area contributed by atoms with Gasteiger partial charge in [0.2, 0.25) is 10.0 Å². The quantitative estimate of drug-likeness (QED) is 0.560. The Bertz CT molecular complexity index is 1050. The molecule has 2 N–H and O–H groups in total. The molecular formula is C22H27ClN2O6S. The Labute approximate surface area is 193 Å². The van der Waals surface area contributed by atoms with Crippen molar-refractivity contribution < 1.29 is 27.4 Å². The van der Waals surface area contributed by atoms with Crippen molar-refractivity contribution in [3.05, 3.63) is 41.4 Å². The molecule has 2 aromatic carbocycles. The molecule has 0 bridgehead atoms. The number of rotatable bonds is 9. The third kappa shape index (κ3) is 6.27. The first-order chi connectivity index (χ1) is 15.3. The molecule has 0 saturated heterocycles.